The van der Waals surface area contributed by atoms with Crippen molar-refractivity contribution in [2.24, 2.45) is 0 Å². The molecule has 1 aliphatic rings. The average molecular weight is 214 g/mol. The molecule has 0 bridgehead atoms. The third-order valence-electron chi connectivity index (χ3n) is 2.05. The number of hydrogen-bond donors (Lipinski definition) is 0. The van der Waals surface area contributed by atoms with Crippen molar-refractivity contribution in [2.45, 2.75) is 39.9 Å². The van der Waals surface area contributed by atoms with Crippen LogP contribution in [-0.2, 0) is 19.0 Å². The Morgan fingerprint density at radius 3 is 2.80 bits per heavy atom. The Bertz CT molecular complexity index is 257. The van der Waals surface area contributed by atoms with Crippen molar-refractivity contribution in [1.29, 1.82) is 0 Å². The molecule has 1 unspecified atom stereocenters. The molecule has 1 rings (SSSR count). The molecule has 0 aromatic heterocycles. The third-order valence-corrected chi connectivity index (χ3v) is 2.05. The van der Waals surface area contributed by atoms with Crippen LogP contribution < -0.4 is 0 Å². The highest BCUT2D eigenvalue weighted by Gasteiger charge is 2.27. The van der Waals surface area contributed by atoms with Crippen molar-refractivity contribution >= 4 is 5.78 Å². The van der Waals surface area contributed by atoms with Gasteiger partial charge in [-0.2, -0.15) is 0 Å². The third kappa shape index (κ3) is 3.23. The molecule has 0 amide bonds. The maximum absolute atomic E-state index is 11.4. The van der Waals surface area contributed by atoms with E-state index in [0.29, 0.717) is 24.5 Å². The fraction of sp³-hybridized carbons (Fsp3) is 0.727. The second-order valence-corrected chi connectivity index (χ2v) is 3.37. The van der Waals surface area contributed by atoms with Crippen LogP contribution in [0.25, 0.3) is 0 Å². The van der Waals surface area contributed by atoms with Crippen LogP contribution in [0.4, 0.5) is 0 Å². The van der Waals surface area contributed by atoms with E-state index in [1.807, 2.05) is 13.8 Å². The van der Waals surface area contributed by atoms with E-state index in [4.69, 9.17) is 14.2 Å². The second-order valence-electron chi connectivity index (χ2n) is 3.37. The molecular formula is C11H18O4. The highest BCUT2D eigenvalue weighted by Crippen LogP contribution is 2.21. The lowest BCUT2D eigenvalue weighted by molar-refractivity contribution is -0.131. The number of hydrogen-bond acceptors (Lipinski definition) is 4. The van der Waals surface area contributed by atoms with E-state index in [-0.39, 0.29) is 12.4 Å². The zero-order valence-corrected chi connectivity index (χ0v) is 9.54. The van der Waals surface area contributed by atoms with Gasteiger partial charge in [-0.15, -0.1) is 0 Å². The molecule has 1 atom stereocenters. The summed E-state index contributed by atoms with van der Waals surface area (Å²) >= 11 is 0. The first-order valence-electron chi connectivity index (χ1n) is 5.36. The van der Waals surface area contributed by atoms with Crippen LogP contribution in [0.3, 0.4) is 0 Å². The summed E-state index contributed by atoms with van der Waals surface area (Å²) in [4.78, 5) is 11.4. The van der Waals surface area contributed by atoms with Gasteiger partial charge in [0.1, 0.15) is 5.76 Å². The van der Waals surface area contributed by atoms with Crippen molar-refractivity contribution in [3.63, 3.8) is 0 Å². The highest BCUT2D eigenvalue weighted by atomic mass is 16.7. The summed E-state index contributed by atoms with van der Waals surface area (Å²) in [5.41, 5.74) is 0. The van der Waals surface area contributed by atoms with Gasteiger partial charge in [-0.3, -0.25) is 4.79 Å². The average Bonchev–Trinajstić information content (AvgIpc) is 2.57. The molecule has 0 aromatic carbocycles. The lowest BCUT2D eigenvalue weighted by atomic mass is 10.3. The number of ketones is 1. The lowest BCUT2D eigenvalue weighted by Crippen LogP contribution is -2.16. The Hall–Kier alpha value is -1.03. The standard InChI is InChI=1S/C11H18O4/c1-4-6-13-8(3)15-11-9(12)7-14-10(11)5-2/h8H,4-7H2,1-3H3. The van der Waals surface area contributed by atoms with E-state index >= 15 is 0 Å². The van der Waals surface area contributed by atoms with E-state index in [9.17, 15) is 4.79 Å². The molecule has 0 aliphatic carbocycles. The minimum atomic E-state index is -0.396. The number of rotatable bonds is 6. The largest absolute Gasteiger partial charge is 0.486 e. The van der Waals surface area contributed by atoms with E-state index in [0.717, 1.165) is 6.42 Å². The summed E-state index contributed by atoms with van der Waals surface area (Å²) < 4.78 is 15.9. The Kier molecular flexibility index (Phi) is 4.62. The first-order chi connectivity index (χ1) is 7.19. The van der Waals surface area contributed by atoms with Crippen molar-refractivity contribution in [2.75, 3.05) is 13.2 Å². The monoisotopic (exact) mass is 214 g/mol. The molecule has 0 aromatic rings. The first kappa shape index (κ1) is 12.0. The van der Waals surface area contributed by atoms with Gasteiger partial charge in [0.15, 0.2) is 12.9 Å². The fourth-order valence-corrected chi connectivity index (χ4v) is 1.32. The summed E-state index contributed by atoms with van der Waals surface area (Å²) in [6, 6.07) is 0. The summed E-state index contributed by atoms with van der Waals surface area (Å²) in [7, 11) is 0. The number of Topliss-reactive ketones (excluding diaryl/α,β-unsaturated/α-hetero) is 1. The van der Waals surface area contributed by atoms with Gasteiger partial charge in [0, 0.05) is 6.42 Å². The van der Waals surface area contributed by atoms with Gasteiger partial charge in [-0.05, 0) is 13.3 Å². The summed E-state index contributed by atoms with van der Waals surface area (Å²) in [6.45, 7) is 6.45. The van der Waals surface area contributed by atoms with Gasteiger partial charge in [0.2, 0.25) is 11.5 Å². The van der Waals surface area contributed by atoms with E-state index in [1.54, 1.807) is 6.92 Å². The maximum atomic E-state index is 11.4. The predicted molar refractivity (Wildman–Crippen MR) is 55.1 cm³/mol. The Balaban J connectivity index is 2.51. The van der Waals surface area contributed by atoms with Gasteiger partial charge < -0.3 is 14.2 Å². The van der Waals surface area contributed by atoms with Crippen LogP contribution in [0.1, 0.15) is 33.6 Å². The fourth-order valence-electron chi connectivity index (χ4n) is 1.32. The molecule has 0 radical (unpaired) electrons. The zero-order chi connectivity index (χ0) is 11.3. The molecule has 1 heterocycles. The molecule has 0 saturated carbocycles. The van der Waals surface area contributed by atoms with Crippen LogP contribution in [0.2, 0.25) is 0 Å². The van der Waals surface area contributed by atoms with Gasteiger partial charge >= 0.3 is 0 Å². The lowest BCUT2D eigenvalue weighted by Gasteiger charge is -2.14. The molecule has 1 aliphatic heterocycles. The number of allylic oxidation sites excluding steroid dienone is 1. The molecule has 4 nitrogen and oxygen atoms in total. The SMILES string of the molecule is CCCOC(C)OC1=C(CC)OCC1=O. The molecule has 86 valence electrons. The molecule has 0 fully saturated rings. The van der Waals surface area contributed by atoms with Crippen molar-refractivity contribution < 1.29 is 19.0 Å². The number of carbonyl (C=O) groups excluding carboxylic acids is 1. The minimum Gasteiger partial charge on any atom is -0.486 e. The zero-order valence-electron chi connectivity index (χ0n) is 9.54. The Morgan fingerprint density at radius 1 is 1.47 bits per heavy atom. The van der Waals surface area contributed by atoms with Gasteiger partial charge in [0.05, 0.1) is 6.61 Å². The first-order valence-corrected chi connectivity index (χ1v) is 5.36. The van der Waals surface area contributed by atoms with Crippen LogP contribution in [0.5, 0.6) is 0 Å². The molecule has 15 heavy (non-hydrogen) atoms. The van der Waals surface area contributed by atoms with Gasteiger partial charge in [0.25, 0.3) is 0 Å². The van der Waals surface area contributed by atoms with Gasteiger partial charge in [-0.1, -0.05) is 13.8 Å². The maximum Gasteiger partial charge on any atom is 0.238 e. The molecule has 0 spiro atoms. The minimum absolute atomic E-state index is 0.0962. The summed E-state index contributed by atoms with van der Waals surface area (Å²) in [6.07, 6.45) is 1.20. The number of ether oxygens (including phenoxy) is 3. The van der Waals surface area contributed by atoms with E-state index in [1.165, 1.54) is 0 Å². The Labute approximate surface area is 90.2 Å². The van der Waals surface area contributed by atoms with E-state index in [2.05, 4.69) is 0 Å². The normalized spacial score (nSPS) is 17.9. The topological polar surface area (TPSA) is 44.8 Å². The van der Waals surface area contributed by atoms with Crippen molar-refractivity contribution in [3.8, 4) is 0 Å². The van der Waals surface area contributed by atoms with Crippen molar-refractivity contribution in [3.05, 3.63) is 11.5 Å². The smallest absolute Gasteiger partial charge is 0.238 e. The molecular weight excluding hydrogens is 196 g/mol. The van der Waals surface area contributed by atoms with Crippen LogP contribution in [-0.4, -0.2) is 25.3 Å². The van der Waals surface area contributed by atoms with Crippen LogP contribution in [0, 0.1) is 0 Å². The van der Waals surface area contributed by atoms with Crippen LogP contribution in [0.15, 0.2) is 11.5 Å². The second kappa shape index (κ2) is 5.75. The predicted octanol–water partition coefficient (Wildman–Crippen LogP) is 2.00. The number of carbonyl (C=O) groups is 1. The summed E-state index contributed by atoms with van der Waals surface area (Å²) in [5.74, 6) is 0.867. The van der Waals surface area contributed by atoms with Crippen LogP contribution >= 0.6 is 0 Å². The highest BCUT2D eigenvalue weighted by molar-refractivity contribution is 5.96. The van der Waals surface area contributed by atoms with Crippen molar-refractivity contribution in [1.82, 2.24) is 0 Å². The quantitative estimate of drug-likeness (QED) is 0.634. The summed E-state index contributed by atoms with van der Waals surface area (Å²) in [5, 5.41) is 0. The molecule has 0 N–H and O–H groups in total. The van der Waals surface area contributed by atoms with E-state index < -0.39 is 6.29 Å². The molecule has 4 heteroatoms. The Morgan fingerprint density at radius 2 is 2.20 bits per heavy atom. The molecule has 0 saturated heterocycles. The van der Waals surface area contributed by atoms with Gasteiger partial charge in [-0.25, -0.2) is 0 Å².